The Balaban J connectivity index is 2.51. The van der Waals surface area contributed by atoms with Crippen LogP contribution in [0.5, 0.6) is 0 Å². The Morgan fingerprint density at radius 1 is 1.29 bits per heavy atom. The van der Waals surface area contributed by atoms with Crippen LogP contribution < -0.4 is 0 Å². The standard InChI is InChI=1S/C15H17NO5/c1-4-9-12(21-14(18)15(2,3)13(9)17)10-7-5-6-8-11(10)16(19)20/h5-9,12H,4H2,1-3H3/t9-,12-/m1/s1. The quantitative estimate of drug-likeness (QED) is 0.370. The molecule has 0 spiro atoms. The van der Waals surface area contributed by atoms with Crippen molar-refractivity contribution < 1.29 is 19.2 Å². The van der Waals surface area contributed by atoms with E-state index in [-0.39, 0.29) is 17.0 Å². The SMILES string of the molecule is CC[C@H]1C(=O)C(C)(C)C(=O)O[C@H]1c1ccccc1[N+](=O)[O-]. The fourth-order valence-corrected chi connectivity index (χ4v) is 2.62. The van der Waals surface area contributed by atoms with Crippen molar-refractivity contribution in [1.29, 1.82) is 0 Å². The van der Waals surface area contributed by atoms with Crippen LogP contribution in [0.1, 0.15) is 38.9 Å². The molecule has 1 aromatic rings. The van der Waals surface area contributed by atoms with E-state index in [9.17, 15) is 19.7 Å². The third-order valence-electron chi connectivity index (χ3n) is 3.94. The maximum atomic E-state index is 12.5. The summed E-state index contributed by atoms with van der Waals surface area (Å²) in [5, 5.41) is 11.1. The zero-order valence-electron chi connectivity index (χ0n) is 12.2. The molecule has 0 aliphatic carbocycles. The molecule has 0 radical (unpaired) electrons. The van der Waals surface area contributed by atoms with Gasteiger partial charge in [0.1, 0.15) is 11.5 Å². The second kappa shape index (κ2) is 5.27. The Labute approximate surface area is 122 Å². The lowest BCUT2D eigenvalue weighted by molar-refractivity contribution is -0.386. The summed E-state index contributed by atoms with van der Waals surface area (Å²) in [6.07, 6.45) is -0.448. The van der Waals surface area contributed by atoms with E-state index >= 15 is 0 Å². The first-order valence-electron chi connectivity index (χ1n) is 6.79. The minimum absolute atomic E-state index is 0.138. The zero-order chi connectivity index (χ0) is 15.8. The van der Waals surface area contributed by atoms with Crippen molar-refractivity contribution in [1.82, 2.24) is 0 Å². The maximum Gasteiger partial charge on any atom is 0.319 e. The van der Waals surface area contributed by atoms with Gasteiger partial charge in [-0.3, -0.25) is 19.7 Å². The van der Waals surface area contributed by atoms with Crippen LogP contribution in [0, 0.1) is 21.4 Å². The van der Waals surface area contributed by atoms with Gasteiger partial charge in [0.2, 0.25) is 0 Å². The van der Waals surface area contributed by atoms with Crippen LogP contribution in [-0.4, -0.2) is 16.7 Å². The van der Waals surface area contributed by atoms with E-state index in [0.717, 1.165) is 0 Å². The highest BCUT2D eigenvalue weighted by molar-refractivity contribution is 6.06. The summed E-state index contributed by atoms with van der Waals surface area (Å²) in [5.41, 5.74) is -1.08. The predicted molar refractivity (Wildman–Crippen MR) is 74.5 cm³/mol. The van der Waals surface area contributed by atoms with Crippen LogP contribution in [-0.2, 0) is 14.3 Å². The molecule has 0 saturated carbocycles. The summed E-state index contributed by atoms with van der Waals surface area (Å²) < 4.78 is 5.39. The molecule has 0 unspecified atom stereocenters. The molecule has 1 fully saturated rings. The zero-order valence-corrected chi connectivity index (χ0v) is 12.2. The number of ether oxygens (including phenoxy) is 1. The molecular formula is C15H17NO5. The molecule has 6 heteroatoms. The number of hydrogen-bond donors (Lipinski definition) is 0. The highest BCUT2D eigenvalue weighted by Gasteiger charge is 2.51. The molecule has 1 heterocycles. The van der Waals surface area contributed by atoms with Gasteiger partial charge in [-0.1, -0.05) is 19.1 Å². The molecule has 2 atom stereocenters. The molecule has 1 aromatic carbocycles. The van der Waals surface area contributed by atoms with Crippen LogP contribution in [0.3, 0.4) is 0 Å². The van der Waals surface area contributed by atoms with Crippen molar-refractivity contribution in [2.75, 3.05) is 0 Å². The van der Waals surface area contributed by atoms with Crippen molar-refractivity contribution in [3.05, 3.63) is 39.9 Å². The van der Waals surface area contributed by atoms with Gasteiger partial charge in [-0.2, -0.15) is 0 Å². The third-order valence-corrected chi connectivity index (χ3v) is 3.94. The number of nitro benzene ring substituents is 1. The number of ketones is 1. The van der Waals surface area contributed by atoms with Crippen LogP contribution in [0.4, 0.5) is 5.69 Å². The summed E-state index contributed by atoms with van der Waals surface area (Å²) in [6, 6.07) is 6.05. The van der Waals surface area contributed by atoms with E-state index in [0.29, 0.717) is 6.42 Å². The number of cyclic esters (lactones) is 1. The number of esters is 1. The van der Waals surface area contributed by atoms with Crippen molar-refractivity contribution in [2.24, 2.45) is 11.3 Å². The molecule has 1 aliphatic heterocycles. The second-order valence-corrected chi connectivity index (χ2v) is 5.65. The van der Waals surface area contributed by atoms with Gasteiger partial charge >= 0.3 is 5.97 Å². The molecule has 0 aromatic heterocycles. The van der Waals surface area contributed by atoms with E-state index in [1.165, 1.54) is 26.0 Å². The number of nitrogens with zero attached hydrogens (tertiary/aromatic N) is 1. The fraction of sp³-hybridized carbons (Fsp3) is 0.467. The highest BCUT2D eigenvalue weighted by atomic mass is 16.6. The molecule has 2 rings (SSSR count). The van der Waals surface area contributed by atoms with Crippen molar-refractivity contribution in [2.45, 2.75) is 33.3 Å². The van der Waals surface area contributed by atoms with Gasteiger partial charge in [-0.05, 0) is 26.3 Å². The molecule has 0 N–H and O–H groups in total. The maximum absolute atomic E-state index is 12.5. The van der Waals surface area contributed by atoms with E-state index in [1.807, 2.05) is 0 Å². The van der Waals surface area contributed by atoms with E-state index in [2.05, 4.69) is 0 Å². The van der Waals surface area contributed by atoms with Crippen LogP contribution in [0.25, 0.3) is 0 Å². The number of para-hydroxylation sites is 1. The highest BCUT2D eigenvalue weighted by Crippen LogP contribution is 2.43. The fourth-order valence-electron chi connectivity index (χ4n) is 2.62. The van der Waals surface area contributed by atoms with Gasteiger partial charge in [-0.15, -0.1) is 0 Å². The normalized spacial score (nSPS) is 24.5. The summed E-state index contributed by atoms with van der Waals surface area (Å²) in [5.74, 6) is -1.44. The number of carbonyl (C=O) groups excluding carboxylic acids is 2. The molecule has 112 valence electrons. The number of hydrogen-bond acceptors (Lipinski definition) is 5. The number of carbonyl (C=O) groups is 2. The lowest BCUT2D eigenvalue weighted by Crippen LogP contribution is -2.47. The largest absolute Gasteiger partial charge is 0.456 e. The summed E-state index contributed by atoms with van der Waals surface area (Å²) in [6.45, 7) is 4.85. The monoisotopic (exact) mass is 291 g/mol. The van der Waals surface area contributed by atoms with Crippen molar-refractivity contribution in [3.63, 3.8) is 0 Å². The molecule has 21 heavy (non-hydrogen) atoms. The number of rotatable bonds is 3. The lowest BCUT2D eigenvalue weighted by Gasteiger charge is -2.37. The second-order valence-electron chi connectivity index (χ2n) is 5.65. The Morgan fingerprint density at radius 2 is 1.90 bits per heavy atom. The van der Waals surface area contributed by atoms with Gasteiger partial charge in [-0.25, -0.2) is 0 Å². The minimum Gasteiger partial charge on any atom is -0.456 e. The van der Waals surface area contributed by atoms with Crippen molar-refractivity contribution in [3.8, 4) is 0 Å². The Bertz CT molecular complexity index is 608. The van der Waals surface area contributed by atoms with E-state index < -0.39 is 28.3 Å². The number of nitro groups is 1. The Kier molecular flexibility index (Phi) is 3.80. The molecule has 1 aliphatic rings. The van der Waals surface area contributed by atoms with Gasteiger partial charge in [0.15, 0.2) is 5.78 Å². The predicted octanol–water partition coefficient (Wildman–Crippen LogP) is 2.81. The molecule has 6 nitrogen and oxygen atoms in total. The lowest BCUT2D eigenvalue weighted by atomic mass is 9.74. The molecular weight excluding hydrogens is 274 g/mol. The van der Waals surface area contributed by atoms with Crippen LogP contribution in [0.2, 0.25) is 0 Å². The van der Waals surface area contributed by atoms with Gasteiger partial charge < -0.3 is 4.74 Å². The van der Waals surface area contributed by atoms with Gasteiger partial charge in [0, 0.05) is 6.07 Å². The molecule has 0 bridgehead atoms. The van der Waals surface area contributed by atoms with E-state index in [1.54, 1.807) is 19.1 Å². The van der Waals surface area contributed by atoms with Crippen LogP contribution in [0.15, 0.2) is 24.3 Å². The smallest absolute Gasteiger partial charge is 0.319 e. The first kappa shape index (κ1) is 15.2. The first-order chi connectivity index (χ1) is 9.80. The average molecular weight is 291 g/mol. The average Bonchev–Trinajstić information content (AvgIpc) is 2.45. The minimum atomic E-state index is -1.21. The Hall–Kier alpha value is -2.24. The molecule has 0 amide bonds. The first-order valence-corrected chi connectivity index (χ1v) is 6.79. The summed E-state index contributed by atoms with van der Waals surface area (Å²) in [7, 11) is 0. The molecule has 1 saturated heterocycles. The van der Waals surface area contributed by atoms with E-state index in [4.69, 9.17) is 4.74 Å². The number of benzene rings is 1. The third kappa shape index (κ3) is 2.41. The summed E-state index contributed by atoms with van der Waals surface area (Å²) in [4.78, 5) is 35.1. The van der Waals surface area contributed by atoms with Crippen molar-refractivity contribution >= 4 is 17.4 Å². The Morgan fingerprint density at radius 3 is 2.48 bits per heavy atom. The van der Waals surface area contributed by atoms with Gasteiger partial charge in [0.05, 0.1) is 16.4 Å². The van der Waals surface area contributed by atoms with Crippen LogP contribution >= 0.6 is 0 Å². The van der Waals surface area contributed by atoms with Gasteiger partial charge in [0.25, 0.3) is 5.69 Å². The number of Topliss-reactive ketones (excluding diaryl/α,β-unsaturated/α-hetero) is 1. The summed E-state index contributed by atoms with van der Waals surface area (Å²) >= 11 is 0. The topological polar surface area (TPSA) is 86.5 Å².